The molecule has 2 amide bonds. The summed E-state index contributed by atoms with van der Waals surface area (Å²) in [4.78, 5) is 24.6. The van der Waals surface area contributed by atoms with Crippen LogP contribution in [-0.4, -0.2) is 31.2 Å². The number of hydrogen-bond donors (Lipinski definition) is 2. The molecule has 1 heterocycles. The Balaban J connectivity index is 1.70. The van der Waals surface area contributed by atoms with Gasteiger partial charge in [0.2, 0.25) is 11.8 Å². The van der Waals surface area contributed by atoms with Crippen LogP contribution in [0.3, 0.4) is 0 Å². The molecule has 0 bridgehead atoms. The number of fused-ring (bicyclic) bond motifs is 1. The first-order valence-electron chi connectivity index (χ1n) is 8.72. The fourth-order valence-corrected chi connectivity index (χ4v) is 5.09. The van der Waals surface area contributed by atoms with Gasteiger partial charge in [-0.05, 0) is 30.3 Å². The molecule has 3 rings (SSSR count). The number of amides is 2. The Kier molecular flexibility index (Phi) is 6.23. The zero-order valence-electron chi connectivity index (χ0n) is 15.4. The zero-order chi connectivity index (χ0) is 21.2. The van der Waals surface area contributed by atoms with Crippen molar-refractivity contribution in [1.29, 1.82) is 0 Å². The smallest absolute Gasteiger partial charge is 0.225 e. The number of carbonyl (C=O) groups excluding carboxylic acids is 2. The van der Waals surface area contributed by atoms with Crippen molar-refractivity contribution in [2.75, 3.05) is 16.4 Å². The van der Waals surface area contributed by atoms with Gasteiger partial charge in [0.05, 0.1) is 22.0 Å². The summed E-state index contributed by atoms with van der Waals surface area (Å²) in [7, 11) is -3.83. The Morgan fingerprint density at radius 2 is 2.00 bits per heavy atom. The minimum Gasteiger partial charge on any atom is -0.325 e. The number of halogens is 2. The second-order valence-corrected chi connectivity index (χ2v) is 10.2. The van der Waals surface area contributed by atoms with Crippen LogP contribution in [-0.2, 0) is 19.4 Å². The standard InChI is InChI=1S/C19H18F2N2O4S2/c1-11-8-19(25)23-16-10-13(3-5-17(16)28-11)29(26,27)7-6-18(24)22-15-9-12(20)2-4-14(15)21/h2-5,9-11H,6-8H2,1H3,(H,22,24)(H,23,25)/t11-/m0/s1. The third-order valence-corrected chi connectivity index (χ3v) is 7.08. The topological polar surface area (TPSA) is 92.3 Å². The Hall–Kier alpha value is -2.46. The molecule has 0 aromatic heterocycles. The monoisotopic (exact) mass is 440 g/mol. The summed E-state index contributed by atoms with van der Waals surface area (Å²) in [5.74, 6) is -3.03. The predicted molar refractivity (Wildman–Crippen MR) is 107 cm³/mol. The highest BCUT2D eigenvalue weighted by Crippen LogP contribution is 2.36. The summed E-state index contributed by atoms with van der Waals surface area (Å²) >= 11 is 1.47. The number of thioether (sulfide) groups is 1. The van der Waals surface area contributed by atoms with Gasteiger partial charge in [-0.3, -0.25) is 9.59 Å². The number of carbonyl (C=O) groups is 2. The molecule has 0 saturated heterocycles. The number of rotatable bonds is 5. The second kappa shape index (κ2) is 8.50. The highest BCUT2D eigenvalue weighted by molar-refractivity contribution is 8.00. The zero-order valence-corrected chi connectivity index (χ0v) is 17.0. The van der Waals surface area contributed by atoms with Gasteiger partial charge >= 0.3 is 0 Å². The first-order chi connectivity index (χ1) is 13.6. The van der Waals surface area contributed by atoms with Gasteiger partial charge < -0.3 is 10.6 Å². The summed E-state index contributed by atoms with van der Waals surface area (Å²) < 4.78 is 51.9. The van der Waals surface area contributed by atoms with Crippen LogP contribution in [0.15, 0.2) is 46.2 Å². The van der Waals surface area contributed by atoms with Crippen molar-refractivity contribution < 1.29 is 26.8 Å². The lowest BCUT2D eigenvalue weighted by atomic mass is 10.3. The Labute approximate surface area is 171 Å². The number of sulfone groups is 1. The van der Waals surface area contributed by atoms with Crippen LogP contribution in [0.5, 0.6) is 0 Å². The third-order valence-electron chi connectivity index (χ3n) is 4.19. The number of hydrogen-bond acceptors (Lipinski definition) is 5. The summed E-state index contributed by atoms with van der Waals surface area (Å²) in [6.07, 6.45) is -0.119. The summed E-state index contributed by atoms with van der Waals surface area (Å²) in [5.41, 5.74) is 0.0583. The van der Waals surface area contributed by atoms with Gasteiger partial charge in [0, 0.05) is 29.1 Å². The average molecular weight is 440 g/mol. The van der Waals surface area contributed by atoms with E-state index in [0.717, 1.165) is 23.1 Å². The minimum absolute atomic E-state index is 0.0311. The Morgan fingerprint density at radius 3 is 2.76 bits per heavy atom. The van der Waals surface area contributed by atoms with Crippen molar-refractivity contribution in [3.8, 4) is 0 Å². The van der Waals surface area contributed by atoms with Crippen molar-refractivity contribution in [2.45, 2.75) is 34.8 Å². The number of anilines is 2. The quantitative estimate of drug-likeness (QED) is 0.741. The largest absolute Gasteiger partial charge is 0.325 e. The molecule has 2 aromatic rings. The van der Waals surface area contributed by atoms with E-state index in [0.29, 0.717) is 12.1 Å². The fraction of sp³-hybridized carbons (Fsp3) is 0.263. The lowest BCUT2D eigenvalue weighted by Gasteiger charge is -2.11. The van der Waals surface area contributed by atoms with Gasteiger partial charge in [-0.15, -0.1) is 11.8 Å². The maximum atomic E-state index is 13.6. The highest BCUT2D eigenvalue weighted by atomic mass is 32.2. The molecule has 0 spiro atoms. The SMILES string of the molecule is C[C@H]1CC(=O)Nc2cc(S(=O)(=O)CCC(=O)Nc3cc(F)ccc3F)ccc2S1. The molecule has 2 aromatic carbocycles. The van der Waals surface area contributed by atoms with Crippen molar-refractivity contribution >= 4 is 44.8 Å². The van der Waals surface area contributed by atoms with E-state index in [4.69, 9.17) is 0 Å². The van der Waals surface area contributed by atoms with Gasteiger partial charge in [0.1, 0.15) is 11.6 Å². The van der Waals surface area contributed by atoms with Crippen LogP contribution < -0.4 is 10.6 Å². The van der Waals surface area contributed by atoms with Crippen LogP contribution in [0.4, 0.5) is 20.2 Å². The molecule has 0 aliphatic carbocycles. The van der Waals surface area contributed by atoms with Gasteiger partial charge in [0.15, 0.2) is 9.84 Å². The molecule has 0 unspecified atom stereocenters. The molecule has 0 fully saturated rings. The molecule has 10 heteroatoms. The molecule has 29 heavy (non-hydrogen) atoms. The highest BCUT2D eigenvalue weighted by Gasteiger charge is 2.23. The molecule has 0 radical (unpaired) electrons. The Morgan fingerprint density at radius 1 is 1.24 bits per heavy atom. The first-order valence-corrected chi connectivity index (χ1v) is 11.3. The predicted octanol–water partition coefficient (Wildman–Crippen LogP) is 3.59. The number of nitrogens with one attached hydrogen (secondary N) is 2. The van der Waals surface area contributed by atoms with Gasteiger partial charge in [0.25, 0.3) is 0 Å². The summed E-state index contributed by atoms with van der Waals surface area (Å²) in [6, 6.07) is 7.01. The molecule has 2 N–H and O–H groups in total. The van der Waals surface area contributed by atoms with E-state index in [1.807, 2.05) is 6.92 Å². The van der Waals surface area contributed by atoms with Crippen molar-refractivity contribution in [1.82, 2.24) is 0 Å². The van der Waals surface area contributed by atoms with E-state index in [1.165, 1.54) is 23.9 Å². The van der Waals surface area contributed by atoms with E-state index in [9.17, 15) is 26.8 Å². The lowest BCUT2D eigenvalue weighted by Crippen LogP contribution is -2.18. The normalized spacial score (nSPS) is 16.5. The second-order valence-electron chi connectivity index (χ2n) is 6.58. The molecule has 0 saturated carbocycles. The van der Waals surface area contributed by atoms with Crippen molar-refractivity contribution in [2.24, 2.45) is 0 Å². The first kappa shape index (κ1) is 21.3. The van der Waals surface area contributed by atoms with E-state index in [-0.39, 0.29) is 21.7 Å². The van der Waals surface area contributed by atoms with Gasteiger partial charge in [-0.2, -0.15) is 0 Å². The van der Waals surface area contributed by atoms with Crippen molar-refractivity contribution in [3.05, 3.63) is 48.0 Å². The molecular weight excluding hydrogens is 422 g/mol. The molecule has 1 aliphatic rings. The lowest BCUT2D eigenvalue weighted by molar-refractivity contribution is -0.116. The summed E-state index contributed by atoms with van der Waals surface area (Å²) in [5, 5.41) is 4.92. The maximum absolute atomic E-state index is 13.6. The van der Waals surface area contributed by atoms with Crippen LogP contribution in [0.2, 0.25) is 0 Å². The van der Waals surface area contributed by atoms with Gasteiger partial charge in [-0.25, -0.2) is 17.2 Å². The molecule has 1 aliphatic heterocycles. The third kappa shape index (κ3) is 5.33. The fourth-order valence-electron chi connectivity index (χ4n) is 2.77. The van der Waals surface area contributed by atoms with E-state index >= 15 is 0 Å². The number of benzene rings is 2. The van der Waals surface area contributed by atoms with E-state index < -0.39 is 39.6 Å². The summed E-state index contributed by atoms with van der Waals surface area (Å²) in [6.45, 7) is 1.91. The minimum atomic E-state index is -3.83. The molecular formula is C19H18F2N2O4S2. The Bertz CT molecular complexity index is 1070. The van der Waals surface area contributed by atoms with E-state index in [2.05, 4.69) is 10.6 Å². The van der Waals surface area contributed by atoms with Crippen molar-refractivity contribution in [3.63, 3.8) is 0 Å². The van der Waals surface area contributed by atoms with Crippen LogP contribution in [0.25, 0.3) is 0 Å². The van der Waals surface area contributed by atoms with Gasteiger partial charge in [-0.1, -0.05) is 6.92 Å². The van der Waals surface area contributed by atoms with E-state index in [1.54, 1.807) is 6.07 Å². The molecule has 1 atom stereocenters. The van der Waals surface area contributed by atoms with Crippen LogP contribution in [0.1, 0.15) is 19.8 Å². The molecule has 154 valence electrons. The average Bonchev–Trinajstić information content (AvgIpc) is 2.78. The van der Waals surface area contributed by atoms with Crippen LogP contribution in [0, 0.1) is 11.6 Å². The van der Waals surface area contributed by atoms with Crippen LogP contribution >= 0.6 is 11.8 Å². The maximum Gasteiger partial charge on any atom is 0.225 e. The molecule has 6 nitrogen and oxygen atoms in total.